The number of anilines is 2. The average Bonchev–Trinajstić information content (AvgIpc) is 3.24. The van der Waals surface area contributed by atoms with Gasteiger partial charge in [0.15, 0.2) is 5.65 Å². The van der Waals surface area contributed by atoms with Gasteiger partial charge in [-0.15, -0.1) is 5.10 Å². The van der Waals surface area contributed by atoms with Crippen LogP contribution in [0.15, 0.2) is 54.6 Å². The van der Waals surface area contributed by atoms with E-state index in [0.29, 0.717) is 24.1 Å². The Kier molecular flexibility index (Phi) is 6.32. The summed E-state index contributed by atoms with van der Waals surface area (Å²) in [5, 5.41) is 5.70. The second-order valence-corrected chi connectivity index (χ2v) is 10.3. The molecule has 0 aliphatic carbocycles. The van der Waals surface area contributed by atoms with Gasteiger partial charge in [0, 0.05) is 24.7 Å². The van der Waals surface area contributed by atoms with Crippen molar-refractivity contribution >= 4 is 22.8 Å². The van der Waals surface area contributed by atoms with E-state index in [2.05, 4.69) is 53.1 Å². The van der Waals surface area contributed by atoms with Crippen molar-refractivity contribution in [1.29, 1.82) is 0 Å². The van der Waals surface area contributed by atoms with Gasteiger partial charge in [-0.1, -0.05) is 60.5 Å². The number of fused-ring (bicyclic) bond motifs is 1. The molecule has 2 N–H and O–H groups in total. The lowest BCUT2D eigenvalue weighted by Gasteiger charge is -2.40. The number of aromatic nitrogens is 4. The van der Waals surface area contributed by atoms with Crippen LogP contribution in [0, 0.1) is 6.92 Å². The first kappa shape index (κ1) is 23.0. The molecule has 186 valence electrons. The third kappa shape index (κ3) is 4.55. The van der Waals surface area contributed by atoms with Crippen LogP contribution in [-0.2, 0) is 6.54 Å². The molecule has 0 bridgehead atoms. The summed E-state index contributed by atoms with van der Waals surface area (Å²) >= 11 is 0. The number of nitrogens with two attached hydrogens (primary N) is 1. The van der Waals surface area contributed by atoms with E-state index in [0.717, 1.165) is 54.1 Å². The molecule has 6 rings (SSSR count). The number of piperidine rings is 2. The van der Waals surface area contributed by atoms with Gasteiger partial charge < -0.3 is 15.5 Å². The number of benzene rings is 2. The lowest BCUT2D eigenvalue weighted by molar-refractivity contribution is 0.141. The van der Waals surface area contributed by atoms with Gasteiger partial charge in [-0.3, -0.25) is 0 Å². The van der Waals surface area contributed by atoms with Crippen molar-refractivity contribution in [3.63, 3.8) is 0 Å². The molecule has 36 heavy (non-hydrogen) atoms. The maximum absolute atomic E-state index is 6.69. The number of hydrogen-bond donors (Lipinski definition) is 1. The molecule has 7 heteroatoms. The summed E-state index contributed by atoms with van der Waals surface area (Å²) in [7, 11) is 0. The number of aryl methyl sites for hydroxylation is 1. The fourth-order valence-electron chi connectivity index (χ4n) is 5.78. The van der Waals surface area contributed by atoms with Gasteiger partial charge in [-0.05, 0) is 57.3 Å². The van der Waals surface area contributed by atoms with Gasteiger partial charge in [0.05, 0.1) is 17.6 Å². The molecule has 0 saturated carbocycles. The number of hydrogen-bond acceptors (Lipinski definition) is 6. The lowest BCUT2D eigenvalue weighted by atomic mass is 10.00. The van der Waals surface area contributed by atoms with Crippen LogP contribution in [0.3, 0.4) is 0 Å². The van der Waals surface area contributed by atoms with Gasteiger partial charge in [0.25, 0.3) is 0 Å². The zero-order valence-corrected chi connectivity index (χ0v) is 21.1. The topological polar surface area (TPSA) is 76.1 Å². The molecule has 7 nitrogen and oxygen atoms in total. The number of rotatable bonds is 5. The predicted molar refractivity (Wildman–Crippen MR) is 146 cm³/mol. The van der Waals surface area contributed by atoms with Crippen molar-refractivity contribution in [2.75, 3.05) is 36.8 Å². The standard InChI is InChI=1S/C29H35N7/c1-21-9-8-12-23(19-21)26-25-27(30)36(20-22-10-4-2-5-11-22)33-28(25)32-29(31-26)35-17-13-24(14-18-35)34-15-6-3-7-16-34/h2,4-5,8-12,19,24H,3,6-7,13-18,20,30H2,1H3. The van der Waals surface area contributed by atoms with Crippen LogP contribution < -0.4 is 10.6 Å². The smallest absolute Gasteiger partial charge is 0.228 e. The third-order valence-electron chi connectivity index (χ3n) is 7.75. The SMILES string of the molecule is Cc1cccc(-c2nc(N3CCC(N4CCCCC4)CC3)nc3nn(Cc4ccccc4)c(N)c23)c1. The maximum Gasteiger partial charge on any atom is 0.228 e. The van der Waals surface area contributed by atoms with Gasteiger partial charge in [0.1, 0.15) is 5.82 Å². The molecule has 2 aromatic carbocycles. The van der Waals surface area contributed by atoms with Gasteiger partial charge >= 0.3 is 0 Å². The first-order valence-electron chi connectivity index (χ1n) is 13.3. The highest BCUT2D eigenvalue weighted by Crippen LogP contribution is 2.34. The van der Waals surface area contributed by atoms with Gasteiger partial charge in [0.2, 0.25) is 5.95 Å². The van der Waals surface area contributed by atoms with Crippen LogP contribution in [-0.4, -0.2) is 56.9 Å². The van der Waals surface area contributed by atoms with Crippen molar-refractivity contribution < 1.29 is 0 Å². The Morgan fingerprint density at radius 3 is 2.42 bits per heavy atom. The Labute approximate surface area is 213 Å². The van der Waals surface area contributed by atoms with Crippen molar-refractivity contribution in [1.82, 2.24) is 24.6 Å². The highest BCUT2D eigenvalue weighted by atomic mass is 15.3. The van der Waals surface area contributed by atoms with E-state index in [4.69, 9.17) is 20.8 Å². The van der Waals surface area contributed by atoms with Crippen LogP contribution in [0.2, 0.25) is 0 Å². The van der Waals surface area contributed by atoms with Gasteiger partial charge in [-0.25, -0.2) is 9.67 Å². The molecule has 2 aromatic heterocycles. The first-order chi connectivity index (χ1) is 17.7. The van der Waals surface area contributed by atoms with Crippen molar-refractivity contribution in [2.24, 2.45) is 0 Å². The van der Waals surface area contributed by atoms with E-state index in [-0.39, 0.29) is 0 Å². The predicted octanol–water partition coefficient (Wildman–Crippen LogP) is 4.89. The number of nitrogen functional groups attached to an aromatic ring is 1. The molecule has 2 aliphatic heterocycles. The Hall–Kier alpha value is -3.45. The molecule has 0 atom stereocenters. The second-order valence-electron chi connectivity index (χ2n) is 10.3. The normalized spacial score (nSPS) is 17.6. The molecule has 0 radical (unpaired) electrons. The Morgan fingerprint density at radius 1 is 0.889 bits per heavy atom. The van der Waals surface area contributed by atoms with Crippen molar-refractivity contribution in [3.05, 3.63) is 65.7 Å². The summed E-state index contributed by atoms with van der Waals surface area (Å²) in [6.45, 7) is 7.16. The number of nitrogens with zero attached hydrogens (tertiary/aromatic N) is 6. The van der Waals surface area contributed by atoms with E-state index in [1.54, 1.807) is 0 Å². The number of likely N-dealkylation sites (tertiary alicyclic amines) is 1. The molecule has 0 unspecified atom stereocenters. The van der Waals surface area contributed by atoms with Crippen LogP contribution in [0.1, 0.15) is 43.2 Å². The highest BCUT2D eigenvalue weighted by Gasteiger charge is 2.28. The summed E-state index contributed by atoms with van der Waals surface area (Å²) in [4.78, 5) is 15.1. The van der Waals surface area contributed by atoms with Crippen LogP contribution in [0.25, 0.3) is 22.3 Å². The van der Waals surface area contributed by atoms with Crippen LogP contribution in [0.5, 0.6) is 0 Å². The average molecular weight is 482 g/mol. The molecule has 0 amide bonds. The third-order valence-corrected chi connectivity index (χ3v) is 7.75. The monoisotopic (exact) mass is 481 g/mol. The zero-order chi connectivity index (χ0) is 24.5. The molecule has 0 spiro atoms. The highest BCUT2D eigenvalue weighted by molar-refractivity contribution is 5.99. The molecule has 4 aromatic rings. The Morgan fingerprint density at radius 2 is 1.67 bits per heavy atom. The Balaban J connectivity index is 1.35. The van der Waals surface area contributed by atoms with Crippen LogP contribution in [0.4, 0.5) is 11.8 Å². The van der Waals surface area contributed by atoms with E-state index >= 15 is 0 Å². The van der Waals surface area contributed by atoms with E-state index in [1.165, 1.54) is 37.9 Å². The van der Waals surface area contributed by atoms with E-state index < -0.39 is 0 Å². The van der Waals surface area contributed by atoms with E-state index in [9.17, 15) is 0 Å². The molecule has 2 saturated heterocycles. The summed E-state index contributed by atoms with van der Waals surface area (Å²) in [5.41, 5.74) is 11.6. The minimum absolute atomic E-state index is 0.604. The zero-order valence-electron chi connectivity index (χ0n) is 21.1. The summed E-state index contributed by atoms with van der Waals surface area (Å²) in [6, 6.07) is 19.4. The van der Waals surface area contributed by atoms with Crippen molar-refractivity contribution in [3.8, 4) is 11.3 Å². The quantitative estimate of drug-likeness (QED) is 0.438. The van der Waals surface area contributed by atoms with Crippen molar-refractivity contribution in [2.45, 2.75) is 51.6 Å². The molecular weight excluding hydrogens is 446 g/mol. The maximum atomic E-state index is 6.69. The van der Waals surface area contributed by atoms with E-state index in [1.807, 2.05) is 22.9 Å². The van der Waals surface area contributed by atoms with Gasteiger partial charge in [-0.2, -0.15) is 4.98 Å². The summed E-state index contributed by atoms with van der Waals surface area (Å²) < 4.78 is 1.86. The molecule has 2 aliphatic rings. The first-order valence-corrected chi connectivity index (χ1v) is 13.3. The second kappa shape index (κ2) is 9.90. The summed E-state index contributed by atoms with van der Waals surface area (Å²) in [5.74, 6) is 1.38. The van der Waals surface area contributed by atoms with Crippen LogP contribution >= 0.6 is 0 Å². The Bertz CT molecular complexity index is 1330. The largest absolute Gasteiger partial charge is 0.383 e. The molecule has 4 heterocycles. The minimum atomic E-state index is 0.604. The fourth-order valence-corrected chi connectivity index (χ4v) is 5.78. The lowest BCUT2D eigenvalue weighted by Crippen LogP contribution is -2.47. The molecular formula is C29H35N7. The fraction of sp³-hybridized carbons (Fsp3) is 0.414. The summed E-state index contributed by atoms with van der Waals surface area (Å²) in [6.07, 6.45) is 6.38. The molecule has 2 fully saturated rings. The minimum Gasteiger partial charge on any atom is -0.383 e.